The summed E-state index contributed by atoms with van der Waals surface area (Å²) in [5.74, 6) is 0.333. The maximum absolute atomic E-state index is 11.9. The highest BCUT2D eigenvalue weighted by Gasteiger charge is 2.24. The fourth-order valence-corrected chi connectivity index (χ4v) is 2.82. The fourth-order valence-electron chi connectivity index (χ4n) is 1.51. The molecule has 17 heavy (non-hydrogen) atoms. The number of rotatable bonds is 3. The van der Waals surface area contributed by atoms with Crippen LogP contribution in [0, 0.1) is 0 Å². The molecule has 0 aliphatic carbocycles. The van der Waals surface area contributed by atoms with Crippen LogP contribution in [0.25, 0.3) is 0 Å². The van der Waals surface area contributed by atoms with E-state index >= 15 is 0 Å². The third-order valence-electron chi connectivity index (χ3n) is 2.53. The highest BCUT2D eigenvalue weighted by Crippen LogP contribution is 2.33. The monoisotopic (exact) mass is 365 g/mol. The maximum atomic E-state index is 11.9. The van der Waals surface area contributed by atoms with Crippen LogP contribution in [0.15, 0.2) is 9.08 Å². The van der Waals surface area contributed by atoms with E-state index in [1.165, 1.54) is 0 Å². The summed E-state index contributed by atoms with van der Waals surface area (Å²) < 4.78 is 3.44. The van der Waals surface area contributed by atoms with Crippen molar-refractivity contribution in [1.29, 1.82) is 0 Å². The largest absolute Gasteiger partial charge is 0.347 e. The van der Waals surface area contributed by atoms with Crippen LogP contribution in [0.2, 0.25) is 0 Å². The Morgan fingerprint density at radius 2 is 1.82 bits per heavy atom. The van der Waals surface area contributed by atoms with Crippen LogP contribution in [0.1, 0.15) is 38.4 Å². The molecule has 96 valence electrons. The van der Waals surface area contributed by atoms with E-state index in [0.717, 1.165) is 14.8 Å². The van der Waals surface area contributed by atoms with E-state index in [-0.39, 0.29) is 11.9 Å². The van der Waals surface area contributed by atoms with Gasteiger partial charge in [0.25, 0.3) is 0 Å². The minimum atomic E-state index is -0.317. The van der Waals surface area contributed by atoms with Crippen LogP contribution in [-0.4, -0.2) is 34.7 Å². The Morgan fingerprint density at radius 1 is 1.29 bits per heavy atom. The molecule has 1 atom stereocenters. The van der Waals surface area contributed by atoms with Gasteiger partial charge in [-0.3, -0.25) is 4.79 Å². The molecule has 1 aromatic rings. The van der Waals surface area contributed by atoms with E-state index in [4.69, 9.17) is 0 Å². The maximum Gasteiger partial charge on any atom is 0.246 e. The quantitative estimate of drug-likeness (QED) is 0.823. The first-order chi connectivity index (χ1) is 7.77. The van der Waals surface area contributed by atoms with Gasteiger partial charge < -0.3 is 4.90 Å². The zero-order chi connectivity index (χ0) is 13.3. The van der Waals surface area contributed by atoms with Crippen molar-refractivity contribution in [2.24, 2.45) is 0 Å². The fraction of sp³-hybridized carbons (Fsp3) is 0.636. The molecule has 0 saturated heterocycles. The van der Waals surface area contributed by atoms with E-state index < -0.39 is 0 Å². The summed E-state index contributed by atoms with van der Waals surface area (Å²) in [6.07, 6.45) is 0. The molecular formula is C11H17Br2N3O. The van der Waals surface area contributed by atoms with Gasteiger partial charge in [0.15, 0.2) is 0 Å². The predicted molar refractivity (Wildman–Crippen MR) is 75.1 cm³/mol. The second-order valence-electron chi connectivity index (χ2n) is 4.50. The van der Waals surface area contributed by atoms with Crippen molar-refractivity contribution in [1.82, 2.24) is 14.7 Å². The highest BCUT2D eigenvalue weighted by atomic mass is 79.9. The number of nitrogens with zero attached hydrogens (tertiary/aromatic N) is 3. The third-order valence-corrected chi connectivity index (χ3v) is 4.61. The molecule has 0 aliphatic heterocycles. The summed E-state index contributed by atoms with van der Waals surface area (Å²) in [5, 5.41) is 4.49. The summed E-state index contributed by atoms with van der Waals surface area (Å²) in [6.45, 7) is 5.99. The van der Waals surface area contributed by atoms with Crippen LogP contribution < -0.4 is 0 Å². The van der Waals surface area contributed by atoms with Crippen molar-refractivity contribution in [3.8, 4) is 0 Å². The van der Waals surface area contributed by atoms with Gasteiger partial charge in [0.2, 0.25) is 5.91 Å². The number of aromatic nitrogens is 2. The van der Waals surface area contributed by atoms with Crippen molar-refractivity contribution >= 4 is 37.8 Å². The summed E-state index contributed by atoms with van der Waals surface area (Å²) in [4.78, 5) is 13.5. The molecule has 0 saturated carbocycles. The molecule has 0 spiro atoms. The lowest BCUT2D eigenvalue weighted by atomic mass is 10.1. The minimum Gasteiger partial charge on any atom is -0.347 e. The van der Waals surface area contributed by atoms with Gasteiger partial charge in [0.05, 0.1) is 10.2 Å². The van der Waals surface area contributed by atoms with Crippen LogP contribution in [-0.2, 0) is 4.79 Å². The van der Waals surface area contributed by atoms with Crippen LogP contribution in [0.3, 0.4) is 0 Å². The van der Waals surface area contributed by atoms with Gasteiger partial charge in [-0.1, -0.05) is 13.8 Å². The third kappa shape index (κ3) is 2.91. The molecule has 0 N–H and O–H groups in total. The number of hydrogen-bond donors (Lipinski definition) is 0. The number of amides is 1. The zero-order valence-electron chi connectivity index (χ0n) is 10.7. The van der Waals surface area contributed by atoms with Gasteiger partial charge in [-0.05, 0) is 44.7 Å². The average molecular weight is 367 g/mol. The van der Waals surface area contributed by atoms with Crippen molar-refractivity contribution < 1.29 is 4.79 Å². The van der Waals surface area contributed by atoms with Gasteiger partial charge in [-0.2, -0.15) is 5.10 Å². The molecule has 0 fully saturated rings. The Labute approximate surface area is 119 Å². The highest BCUT2D eigenvalue weighted by molar-refractivity contribution is 9.13. The Bertz CT molecular complexity index is 427. The van der Waals surface area contributed by atoms with Gasteiger partial charge in [0.1, 0.15) is 10.6 Å². The van der Waals surface area contributed by atoms with Crippen molar-refractivity contribution in [2.75, 3.05) is 14.1 Å². The number of carbonyl (C=O) groups excluding carboxylic acids is 1. The van der Waals surface area contributed by atoms with Crippen molar-refractivity contribution in [2.45, 2.75) is 32.7 Å². The molecule has 4 nitrogen and oxygen atoms in total. The molecule has 1 aromatic heterocycles. The zero-order valence-corrected chi connectivity index (χ0v) is 13.8. The molecule has 1 rings (SSSR count). The van der Waals surface area contributed by atoms with Gasteiger partial charge >= 0.3 is 0 Å². The SMILES string of the molecule is CC(C)c1nn(C(C)C(=O)N(C)C)c(Br)c1Br. The predicted octanol–water partition coefficient (Wildman–Crippen LogP) is 3.18. The van der Waals surface area contributed by atoms with Crippen LogP contribution in [0.4, 0.5) is 0 Å². The molecule has 0 radical (unpaired) electrons. The summed E-state index contributed by atoms with van der Waals surface area (Å²) in [6, 6.07) is -0.317. The molecule has 0 bridgehead atoms. The smallest absolute Gasteiger partial charge is 0.246 e. The molecule has 0 aromatic carbocycles. The number of hydrogen-bond acceptors (Lipinski definition) is 2. The first-order valence-electron chi connectivity index (χ1n) is 5.41. The van der Waals surface area contributed by atoms with E-state index in [1.54, 1.807) is 23.7 Å². The number of carbonyl (C=O) groups is 1. The molecular weight excluding hydrogens is 350 g/mol. The molecule has 0 aliphatic rings. The Kier molecular flexibility index (Phi) is 4.77. The summed E-state index contributed by atoms with van der Waals surface area (Å²) >= 11 is 6.97. The standard InChI is InChI=1S/C11H17Br2N3O/c1-6(2)9-8(12)10(13)16(14-9)7(3)11(17)15(4)5/h6-7H,1-5H3. The molecule has 1 unspecified atom stereocenters. The molecule has 1 heterocycles. The minimum absolute atomic E-state index is 0.0241. The topological polar surface area (TPSA) is 38.1 Å². The Hall–Kier alpha value is -0.360. The lowest BCUT2D eigenvalue weighted by molar-refractivity contribution is -0.132. The van der Waals surface area contributed by atoms with E-state index in [1.807, 2.05) is 6.92 Å². The molecule has 1 amide bonds. The van der Waals surface area contributed by atoms with Crippen molar-refractivity contribution in [3.63, 3.8) is 0 Å². The lowest BCUT2D eigenvalue weighted by Crippen LogP contribution is -2.30. The van der Waals surface area contributed by atoms with Gasteiger partial charge in [-0.25, -0.2) is 4.68 Å². The van der Waals surface area contributed by atoms with E-state index in [2.05, 4.69) is 50.8 Å². The second kappa shape index (κ2) is 5.52. The van der Waals surface area contributed by atoms with E-state index in [9.17, 15) is 4.79 Å². The average Bonchev–Trinajstić information content (AvgIpc) is 2.54. The number of likely N-dealkylation sites (N-methyl/N-ethyl adjacent to an activating group) is 1. The Morgan fingerprint density at radius 3 is 2.18 bits per heavy atom. The first-order valence-corrected chi connectivity index (χ1v) is 7.00. The summed E-state index contributed by atoms with van der Waals surface area (Å²) in [5.41, 5.74) is 0.954. The second-order valence-corrected chi connectivity index (χ2v) is 6.04. The van der Waals surface area contributed by atoms with E-state index in [0.29, 0.717) is 5.92 Å². The molecule has 6 heteroatoms. The van der Waals surface area contributed by atoms with Gasteiger partial charge in [-0.15, -0.1) is 0 Å². The first kappa shape index (κ1) is 14.7. The number of halogens is 2. The lowest BCUT2D eigenvalue weighted by Gasteiger charge is -2.17. The van der Waals surface area contributed by atoms with Gasteiger partial charge in [0, 0.05) is 14.1 Å². The summed E-state index contributed by atoms with van der Waals surface area (Å²) in [7, 11) is 3.49. The van der Waals surface area contributed by atoms with Crippen LogP contribution >= 0.6 is 31.9 Å². The van der Waals surface area contributed by atoms with Crippen LogP contribution in [0.5, 0.6) is 0 Å². The normalized spacial score (nSPS) is 12.9. The Balaban J connectivity index is 3.15. The van der Waals surface area contributed by atoms with Crippen molar-refractivity contribution in [3.05, 3.63) is 14.8 Å².